The molecule has 6 heterocycles. The Bertz CT molecular complexity index is 2230. The molecule has 0 aliphatic carbocycles. The number of ether oxygens (including phenoxy) is 2. The largest absolute Gasteiger partial charge is 0.439 e. The Kier molecular flexibility index (Phi) is 11.9. The van der Waals surface area contributed by atoms with Gasteiger partial charge in [-0.15, -0.1) is 0 Å². The number of rotatable bonds is 14. The number of hydrogen-bond donors (Lipinski definition) is 5. The molecule has 0 radical (unpaired) electrons. The molecule has 0 spiro atoms. The molecule has 0 fully saturated rings. The first-order valence-electron chi connectivity index (χ1n) is 17.5. The maximum absolute atomic E-state index is 9.15. The lowest BCUT2D eigenvalue weighted by atomic mass is 10.1. The second-order valence-electron chi connectivity index (χ2n) is 12.6. The minimum atomic E-state index is -0.432. The third-order valence-corrected chi connectivity index (χ3v) is 8.17. The van der Waals surface area contributed by atoms with E-state index in [0.29, 0.717) is 59.5 Å². The van der Waals surface area contributed by atoms with Crippen molar-refractivity contribution in [1.29, 1.82) is 0 Å². The summed E-state index contributed by atoms with van der Waals surface area (Å²) in [4.78, 5) is 17.4. The number of aromatic nitrogens is 10. The lowest BCUT2D eigenvalue weighted by molar-refractivity contribution is 0.225. The number of aliphatic hydroxyl groups excluding tert-OH is 2. The molecule has 284 valence electrons. The van der Waals surface area contributed by atoms with Gasteiger partial charge in [0.25, 0.3) is 0 Å². The zero-order chi connectivity index (χ0) is 38.7. The van der Waals surface area contributed by atoms with Gasteiger partial charge < -0.3 is 34.5 Å². The molecule has 17 nitrogen and oxygen atoms in total. The van der Waals surface area contributed by atoms with Crippen molar-refractivity contribution in [2.75, 3.05) is 13.2 Å². The standard InChI is InChI=1S/C20H19N5O3.C19H18N6O3/c1-13(12-26)9-19-23-20(25-28-19)14-3-2-4-16(10-14)27-18-6-5-15(11-21-18)17-7-8-22-24-17;20-14(11-26)9-18-23-19(25-28-18)12-2-1-3-15(8-12)27-17-5-4-13(10-21-17)16-6-7-22-24-16/h2-8,10-11,13,26H,9,12H2,1H3,(H,22,24);1-8,10,14,26H,9,11,20H2,(H,22,24)/t13-;14-/m00/s1. The molecule has 8 rings (SSSR count). The highest BCUT2D eigenvalue weighted by Gasteiger charge is 2.14. The first-order valence-corrected chi connectivity index (χ1v) is 17.5. The maximum Gasteiger partial charge on any atom is 0.228 e. The van der Waals surface area contributed by atoms with E-state index in [4.69, 9.17) is 34.5 Å². The highest BCUT2D eigenvalue weighted by atomic mass is 16.5. The quantitative estimate of drug-likeness (QED) is 0.0898. The second-order valence-corrected chi connectivity index (χ2v) is 12.6. The van der Waals surface area contributed by atoms with E-state index in [1.165, 1.54) is 0 Å². The van der Waals surface area contributed by atoms with Gasteiger partial charge in [-0.1, -0.05) is 41.5 Å². The van der Waals surface area contributed by atoms with Crippen molar-refractivity contribution in [1.82, 2.24) is 50.6 Å². The van der Waals surface area contributed by atoms with Crippen LogP contribution in [0.4, 0.5) is 0 Å². The van der Waals surface area contributed by atoms with Crippen LogP contribution in [0.15, 0.2) is 119 Å². The number of aromatic amines is 2. The van der Waals surface area contributed by atoms with E-state index in [-0.39, 0.29) is 19.1 Å². The van der Waals surface area contributed by atoms with Gasteiger partial charge in [0.15, 0.2) is 0 Å². The molecule has 6 aromatic heterocycles. The van der Waals surface area contributed by atoms with Crippen molar-refractivity contribution in [3.05, 3.63) is 121 Å². The topological polar surface area (TPSA) is 246 Å². The Hall–Kier alpha value is -7.08. The number of hydrogen-bond acceptors (Lipinski definition) is 15. The summed E-state index contributed by atoms with van der Waals surface area (Å²) in [6.07, 6.45) is 7.66. The van der Waals surface area contributed by atoms with Gasteiger partial charge in [0.05, 0.1) is 18.0 Å². The predicted octanol–water partition coefficient (Wildman–Crippen LogP) is 5.66. The smallest absolute Gasteiger partial charge is 0.228 e. The van der Waals surface area contributed by atoms with Crippen LogP contribution in [-0.2, 0) is 12.8 Å². The third-order valence-electron chi connectivity index (χ3n) is 8.17. The van der Waals surface area contributed by atoms with E-state index in [2.05, 4.69) is 50.6 Å². The molecule has 0 aliphatic heterocycles. The van der Waals surface area contributed by atoms with E-state index in [1.54, 1.807) is 43.0 Å². The van der Waals surface area contributed by atoms with Gasteiger partial charge in [0.1, 0.15) is 11.5 Å². The molecule has 0 bridgehead atoms. The number of pyridine rings is 2. The lowest BCUT2D eigenvalue weighted by Crippen LogP contribution is -2.26. The fourth-order valence-corrected chi connectivity index (χ4v) is 5.23. The van der Waals surface area contributed by atoms with Crippen molar-refractivity contribution in [3.8, 4) is 68.5 Å². The molecule has 56 heavy (non-hydrogen) atoms. The van der Waals surface area contributed by atoms with E-state index in [0.717, 1.165) is 33.6 Å². The fraction of sp³-hybridized carbons (Fsp3) is 0.179. The van der Waals surface area contributed by atoms with Crippen LogP contribution in [0.1, 0.15) is 18.7 Å². The zero-order valence-corrected chi connectivity index (χ0v) is 30.1. The first kappa shape index (κ1) is 37.2. The molecule has 2 atom stereocenters. The molecule has 0 saturated carbocycles. The highest BCUT2D eigenvalue weighted by molar-refractivity contribution is 5.60. The summed E-state index contributed by atoms with van der Waals surface area (Å²) in [6.45, 7) is 1.85. The summed E-state index contributed by atoms with van der Waals surface area (Å²) in [5, 5.41) is 39.8. The third kappa shape index (κ3) is 9.71. The second kappa shape index (κ2) is 17.8. The van der Waals surface area contributed by atoms with Crippen LogP contribution in [0.2, 0.25) is 0 Å². The highest BCUT2D eigenvalue weighted by Crippen LogP contribution is 2.28. The number of nitrogens with zero attached hydrogens (tertiary/aromatic N) is 8. The van der Waals surface area contributed by atoms with Crippen molar-refractivity contribution in [3.63, 3.8) is 0 Å². The summed E-state index contributed by atoms with van der Waals surface area (Å²) >= 11 is 0. The molecular formula is C39H37N11O6. The van der Waals surface area contributed by atoms with Gasteiger partial charge in [-0.3, -0.25) is 10.2 Å². The van der Waals surface area contributed by atoms with Crippen LogP contribution < -0.4 is 15.2 Å². The minimum absolute atomic E-state index is 0.0683. The number of nitrogens with one attached hydrogen (secondary N) is 2. The van der Waals surface area contributed by atoms with E-state index < -0.39 is 6.04 Å². The monoisotopic (exact) mass is 755 g/mol. The Morgan fingerprint density at radius 1 is 0.643 bits per heavy atom. The molecule has 6 N–H and O–H groups in total. The summed E-state index contributed by atoms with van der Waals surface area (Å²) in [5.41, 5.74) is 10.8. The molecule has 0 saturated heterocycles. The van der Waals surface area contributed by atoms with Gasteiger partial charge in [-0.05, 0) is 54.4 Å². The molecule has 2 aromatic carbocycles. The van der Waals surface area contributed by atoms with Gasteiger partial charge in [0, 0.05) is 84.7 Å². The average Bonchev–Trinajstić information content (AvgIpc) is 4.08. The molecule has 8 aromatic rings. The molecule has 0 amide bonds. The van der Waals surface area contributed by atoms with Crippen molar-refractivity contribution in [2.45, 2.75) is 25.8 Å². The SMILES string of the molecule is C[C@H](CO)Cc1nc(-c2cccc(Oc3ccc(-c4ccn[nH]4)cn3)c2)no1.N[C@H](CO)Cc1nc(-c2cccc(Oc3ccc(-c4ccn[nH]4)cn3)c2)no1. The number of benzene rings is 2. The van der Waals surface area contributed by atoms with Crippen molar-refractivity contribution < 1.29 is 28.7 Å². The zero-order valence-electron chi connectivity index (χ0n) is 30.1. The van der Waals surface area contributed by atoms with Gasteiger partial charge in [-0.25, -0.2) is 9.97 Å². The van der Waals surface area contributed by atoms with E-state index in [9.17, 15) is 0 Å². The van der Waals surface area contributed by atoms with Crippen LogP contribution in [0.3, 0.4) is 0 Å². The summed E-state index contributed by atoms with van der Waals surface area (Å²) in [6, 6.07) is 25.4. The normalized spacial score (nSPS) is 12.1. The summed E-state index contributed by atoms with van der Waals surface area (Å²) in [7, 11) is 0. The number of H-pyrrole nitrogens is 2. The predicted molar refractivity (Wildman–Crippen MR) is 202 cm³/mol. The number of nitrogens with two attached hydrogens (primary N) is 1. The van der Waals surface area contributed by atoms with E-state index >= 15 is 0 Å². The molecule has 0 aliphatic rings. The molecule has 0 unspecified atom stereocenters. The number of aliphatic hydroxyl groups is 2. The Labute approximate surface area is 319 Å². The van der Waals surface area contributed by atoms with Crippen LogP contribution in [0, 0.1) is 5.92 Å². The Morgan fingerprint density at radius 3 is 1.59 bits per heavy atom. The van der Waals surface area contributed by atoms with Crippen LogP contribution >= 0.6 is 0 Å². The molecule has 17 heteroatoms. The Morgan fingerprint density at radius 2 is 1.16 bits per heavy atom. The van der Waals surface area contributed by atoms with Crippen molar-refractivity contribution in [2.24, 2.45) is 11.7 Å². The van der Waals surface area contributed by atoms with Gasteiger partial charge in [-0.2, -0.15) is 20.2 Å². The first-order chi connectivity index (χ1) is 27.4. The maximum atomic E-state index is 9.15. The van der Waals surface area contributed by atoms with Crippen LogP contribution in [0.25, 0.3) is 45.3 Å². The molecular weight excluding hydrogens is 718 g/mol. The van der Waals surface area contributed by atoms with Gasteiger partial charge >= 0.3 is 0 Å². The Balaban J connectivity index is 0.000000172. The van der Waals surface area contributed by atoms with Crippen molar-refractivity contribution >= 4 is 0 Å². The average molecular weight is 756 g/mol. The lowest BCUT2D eigenvalue weighted by Gasteiger charge is -2.06. The van der Waals surface area contributed by atoms with E-state index in [1.807, 2.05) is 73.7 Å². The van der Waals surface area contributed by atoms with Crippen LogP contribution in [0.5, 0.6) is 23.3 Å². The minimum Gasteiger partial charge on any atom is -0.439 e. The fourth-order valence-electron chi connectivity index (χ4n) is 5.23. The summed E-state index contributed by atoms with van der Waals surface area (Å²) < 4.78 is 22.1. The van der Waals surface area contributed by atoms with Gasteiger partial charge in [0.2, 0.25) is 35.2 Å². The van der Waals surface area contributed by atoms with Crippen LogP contribution in [-0.4, -0.2) is 80.1 Å². The summed E-state index contributed by atoms with van der Waals surface area (Å²) in [5.74, 6) is 4.00.